The average molecular weight is 254 g/mol. The molecule has 0 aromatic carbocycles. The lowest BCUT2D eigenvalue weighted by Crippen LogP contribution is -2.45. The molecular formula is C11H18N4O3. The van der Waals surface area contributed by atoms with Crippen molar-refractivity contribution in [3.8, 4) is 0 Å². The highest BCUT2D eigenvalue weighted by Crippen LogP contribution is 2.18. The van der Waals surface area contributed by atoms with E-state index in [0.717, 1.165) is 0 Å². The summed E-state index contributed by atoms with van der Waals surface area (Å²) in [7, 11) is 0. The van der Waals surface area contributed by atoms with Crippen molar-refractivity contribution < 1.29 is 14.3 Å². The summed E-state index contributed by atoms with van der Waals surface area (Å²) in [5, 5.41) is 8.99. The van der Waals surface area contributed by atoms with Crippen LogP contribution in [0, 0.1) is 6.92 Å². The second-order valence-electron chi connectivity index (χ2n) is 4.47. The number of esters is 1. The Kier molecular flexibility index (Phi) is 4.07. The van der Waals surface area contributed by atoms with Gasteiger partial charge in [0, 0.05) is 5.69 Å². The van der Waals surface area contributed by atoms with Crippen LogP contribution in [0.4, 0.5) is 5.82 Å². The van der Waals surface area contributed by atoms with Crippen molar-refractivity contribution in [2.75, 3.05) is 11.9 Å². The summed E-state index contributed by atoms with van der Waals surface area (Å²) in [5.41, 5.74) is 5.34. The Balaban J connectivity index is 2.98. The van der Waals surface area contributed by atoms with Gasteiger partial charge in [0.1, 0.15) is 5.56 Å². The number of hydrogen-bond acceptors (Lipinski definition) is 5. The molecule has 0 saturated heterocycles. The fourth-order valence-corrected chi connectivity index (χ4v) is 1.24. The van der Waals surface area contributed by atoms with E-state index in [1.54, 1.807) is 27.7 Å². The highest BCUT2D eigenvalue weighted by Gasteiger charge is 2.26. The Labute approximate surface area is 105 Å². The monoisotopic (exact) mass is 254 g/mol. The zero-order chi connectivity index (χ0) is 13.9. The maximum Gasteiger partial charge on any atom is 0.343 e. The molecule has 0 bridgehead atoms. The van der Waals surface area contributed by atoms with E-state index in [0.29, 0.717) is 5.69 Å². The van der Waals surface area contributed by atoms with Gasteiger partial charge in [0.25, 0.3) is 0 Å². The van der Waals surface area contributed by atoms with Crippen LogP contribution in [0.2, 0.25) is 0 Å². The van der Waals surface area contributed by atoms with E-state index in [1.807, 2.05) is 0 Å². The minimum absolute atomic E-state index is 0.134. The van der Waals surface area contributed by atoms with Crippen molar-refractivity contribution in [2.24, 2.45) is 5.73 Å². The number of aromatic nitrogens is 2. The molecule has 1 amide bonds. The smallest absolute Gasteiger partial charge is 0.343 e. The van der Waals surface area contributed by atoms with Gasteiger partial charge in [0.15, 0.2) is 5.82 Å². The number of rotatable bonds is 4. The number of nitrogens with one attached hydrogen (secondary N) is 2. The highest BCUT2D eigenvalue weighted by atomic mass is 16.5. The van der Waals surface area contributed by atoms with Crippen LogP contribution in [0.1, 0.15) is 36.8 Å². The van der Waals surface area contributed by atoms with Crippen molar-refractivity contribution in [2.45, 2.75) is 33.2 Å². The van der Waals surface area contributed by atoms with Crippen LogP contribution >= 0.6 is 0 Å². The second-order valence-corrected chi connectivity index (χ2v) is 4.47. The van der Waals surface area contributed by atoms with Crippen LogP contribution in [0.25, 0.3) is 0 Å². The number of nitrogens with two attached hydrogens (primary N) is 1. The molecule has 18 heavy (non-hydrogen) atoms. The molecule has 4 N–H and O–H groups in total. The molecule has 0 saturated carbocycles. The zero-order valence-electron chi connectivity index (χ0n) is 11.0. The van der Waals surface area contributed by atoms with E-state index in [2.05, 4.69) is 15.5 Å². The number of H-pyrrole nitrogens is 1. The molecule has 1 heterocycles. The van der Waals surface area contributed by atoms with Gasteiger partial charge in [-0.1, -0.05) is 0 Å². The Bertz CT molecular complexity index is 459. The topological polar surface area (TPSA) is 110 Å². The van der Waals surface area contributed by atoms with Gasteiger partial charge in [-0.2, -0.15) is 5.10 Å². The van der Waals surface area contributed by atoms with E-state index in [4.69, 9.17) is 10.5 Å². The minimum atomic E-state index is -1.06. The van der Waals surface area contributed by atoms with E-state index in [1.165, 1.54) is 0 Å². The quantitative estimate of drug-likeness (QED) is 0.680. The largest absolute Gasteiger partial charge is 0.462 e. The first kappa shape index (κ1) is 14.2. The molecular weight excluding hydrogens is 236 g/mol. The number of ether oxygens (including phenoxy) is 1. The first-order valence-corrected chi connectivity index (χ1v) is 5.59. The SMILES string of the molecule is CCOC(=O)c1c(NC(=O)C(C)(C)N)n[nH]c1C. The van der Waals surface area contributed by atoms with E-state index in [9.17, 15) is 9.59 Å². The van der Waals surface area contributed by atoms with Crippen LogP contribution in [0.3, 0.4) is 0 Å². The Morgan fingerprint density at radius 1 is 1.50 bits per heavy atom. The lowest BCUT2D eigenvalue weighted by Gasteiger charge is -2.17. The van der Waals surface area contributed by atoms with Crippen molar-refractivity contribution >= 4 is 17.7 Å². The lowest BCUT2D eigenvalue weighted by atomic mass is 10.1. The van der Waals surface area contributed by atoms with Gasteiger partial charge in [-0.15, -0.1) is 0 Å². The minimum Gasteiger partial charge on any atom is -0.462 e. The first-order valence-electron chi connectivity index (χ1n) is 5.59. The third-order valence-corrected chi connectivity index (χ3v) is 2.24. The third-order valence-electron chi connectivity index (χ3n) is 2.24. The summed E-state index contributed by atoms with van der Waals surface area (Å²) >= 11 is 0. The van der Waals surface area contributed by atoms with E-state index >= 15 is 0 Å². The van der Waals surface area contributed by atoms with Gasteiger partial charge in [0.05, 0.1) is 12.1 Å². The fourth-order valence-electron chi connectivity index (χ4n) is 1.24. The summed E-state index contributed by atoms with van der Waals surface area (Å²) < 4.78 is 4.89. The molecule has 0 fully saturated rings. The number of amides is 1. The molecule has 0 aliphatic heterocycles. The Morgan fingerprint density at radius 2 is 2.11 bits per heavy atom. The molecule has 0 aliphatic rings. The number of nitrogens with zero attached hydrogens (tertiary/aromatic N) is 1. The maximum absolute atomic E-state index is 11.7. The molecule has 1 aromatic rings. The average Bonchev–Trinajstić information content (AvgIpc) is 2.58. The van der Waals surface area contributed by atoms with E-state index in [-0.39, 0.29) is 18.0 Å². The predicted molar refractivity (Wildman–Crippen MR) is 66.2 cm³/mol. The van der Waals surface area contributed by atoms with Crippen LogP contribution in [0.15, 0.2) is 0 Å². The van der Waals surface area contributed by atoms with Crippen LogP contribution in [0.5, 0.6) is 0 Å². The van der Waals surface area contributed by atoms with Gasteiger partial charge in [-0.25, -0.2) is 4.79 Å². The van der Waals surface area contributed by atoms with Crippen molar-refractivity contribution in [3.63, 3.8) is 0 Å². The van der Waals surface area contributed by atoms with Gasteiger partial charge in [-0.3, -0.25) is 9.89 Å². The predicted octanol–water partition coefficient (Wildman–Crippen LogP) is 0.571. The van der Waals surface area contributed by atoms with E-state index < -0.39 is 17.4 Å². The molecule has 0 unspecified atom stereocenters. The molecule has 0 spiro atoms. The van der Waals surface area contributed by atoms with Gasteiger partial charge in [0.2, 0.25) is 5.91 Å². The number of hydrogen-bond donors (Lipinski definition) is 3. The first-order chi connectivity index (χ1) is 8.27. The van der Waals surface area contributed by atoms with Crippen molar-refractivity contribution in [1.29, 1.82) is 0 Å². The lowest BCUT2D eigenvalue weighted by molar-refractivity contribution is -0.120. The molecule has 0 radical (unpaired) electrons. The number of anilines is 1. The third kappa shape index (κ3) is 3.07. The summed E-state index contributed by atoms with van der Waals surface area (Å²) in [6.07, 6.45) is 0. The summed E-state index contributed by atoms with van der Waals surface area (Å²) in [4.78, 5) is 23.4. The highest BCUT2D eigenvalue weighted by molar-refractivity contribution is 6.03. The van der Waals surface area contributed by atoms with Crippen LogP contribution in [-0.4, -0.2) is 34.2 Å². The van der Waals surface area contributed by atoms with Crippen LogP contribution < -0.4 is 11.1 Å². The van der Waals surface area contributed by atoms with Crippen molar-refractivity contribution in [1.82, 2.24) is 10.2 Å². The Hall–Kier alpha value is -1.89. The van der Waals surface area contributed by atoms with Gasteiger partial charge in [-0.05, 0) is 27.7 Å². The van der Waals surface area contributed by atoms with Crippen molar-refractivity contribution in [3.05, 3.63) is 11.3 Å². The second kappa shape index (κ2) is 5.18. The standard InChI is InChI=1S/C11H18N4O3/c1-5-18-9(16)7-6(2)14-15-8(7)13-10(17)11(3,4)12/h5,12H2,1-4H3,(H2,13,14,15,17). The summed E-state index contributed by atoms with van der Waals surface area (Å²) in [6, 6.07) is 0. The molecule has 1 rings (SSSR count). The van der Waals surface area contributed by atoms with Gasteiger partial charge >= 0.3 is 5.97 Å². The number of carbonyl (C=O) groups is 2. The fraction of sp³-hybridized carbons (Fsp3) is 0.545. The van der Waals surface area contributed by atoms with Crippen LogP contribution in [-0.2, 0) is 9.53 Å². The molecule has 7 heteroatoms. The molecule has 1 aromatic heterocycles. The normalized spacial score (nSPS) is 11.2. The van der Waals surface area contributed by atoms with Gasteiger partial charge < -0.3 is 15.8 Å². The zero-order valence-corrected chi connectivity index (χ0v) is 11.0. The summed E-state index contributed by atoms with van der Waals surface area (Å²) in [5.74, 6) is -0.831. The molecule has 7 nitrogen and oxygen atoms in total. The number of carbonyl (C=O) groups excluding carboxylic acids is 2. The Morgan fingerprint density at radius 3 is 2.61 bits per heavy atom. The molecule has 0 aliphatic carbocycles. The number of aryl methyl sites for hydroxylation is 1. The number of aromatic amines is 1. The molecule has 0 atom stereocenters. The summed E-state index contributed by atoms with van der Waals surface area (Å²) in [6.45, 7) is 6.74. The maximum atomic E-state index is 11.7. The molecule has 100 valence electrons.